The van der Waals surface area contributed by atoms with Crippen LogP contribution in [-0.4, -0.2) is 71.7 Å². The number of anilines is 1. The SMILES string of the molecule is CCN1CCN(c2ccc(C(=O)N3CCCC3)nn2)CC1. The standard InChI is InChI=1S/C15H23N5O/c1-2-18-9-11-19(12-10-18)14-6-5-13(16-17-14)15(21)20-7-3-4-8-20/h5-6H,2-4,7-12H2,1H3. The van der Waals surface area contributed by atoms with Gasteiger partial charge in [0.15, 0.2) is 11.5 Å². The Labute approximate surface area is 125 Å². The summed E-state index contributed by atoms with van der Waals surface area (Å²) >= 11 is 0. The summed E-state index contributed by atoms with van der Waals surface area (Å²) in [4.78, 5) is 18.7. The minimum Gasteiger partial charge on any atom is -0.353 e. The van der Waals surface area contributed by atoms with E-state index in [1.807, 2.05) is 17.0 Å². The molecule has 2 saturated heterocycles. The van der Waals surface area contributed by atoms with Gasteiger partial charge in [0, 0.05) is 39.3 Å². The van der Waals surface area contributed by atoms with Crippen molar-refractivity contribution in [1.29, 1.82) is 0 Å². The van der Waals surface area contributed by atoms with Crippen LogP contribution in [0.4, 0.5) is 5.82 Å². The van der Waals surface area contributed by atoms with Crippen LogP contribution in [0.25, 0.3) is 0 Å². The molecule has 1 amide bonds. The van der Waals surface area contributed by atoms with E-state index >= 15 is 0 Å². The minimum absolute atomic E-state index is 0.0161. The largest absolute Gasteiger partial charge is 0.353 e. The first-order valence-corrected chi connectivity index (χ1v) is 7.88. The third kappa shape index (κ3) is 3.15. The molecule has 6 heteroatoms. The van der Waals surface area contributed by atoms with Gasteiger partial charge in [-0.25, -0.2) is 0 Å². The molecular formula is C15H23N5O. The Balaban J connectivity index is 1.63. The molecule has 3 heterocycles. The molecule has 0 atom stereocenters. The average Bonchev–Trinajstić information content (AvgIpc) is 3.09. The summed E-state index contributed by atoms with van der Waals surface area (Å²) in [6.07, 6.45) is 2.19. The van der Waals surface area contributed by atoms with Crippen molar-refractivity contribution in [2.75, 3.05) is 50.7 Å². The quantitative estimate of drug-likeness (QED) is 0.826. The molecule has 0 unspecified atom stereocenters. The maximum atomic E-state index is 12.2. The Bertz CT molecular complexity index is 475. The van der Waals surface area contributed by atoms with Gasteiger partial charge in [0.2, 0.25) is 0 Å². The monoisotopic (exact) mass is 289 g/mol. The van der Waals surface area contributed by atoms with Crippen LogP contribution in [-0.2, 0) is 0 Å². The van der Waals surface area contributed by atoms with Crippen LogP contribution in [0, 0.1) is 0 Å². The maximum Gasteiger partial charge on any atom is 0.274 e. The third-order valence-electron chi connectivity index (χ3n) is 4.41. The van der Waals surface area contributed by atoms with Crippen LogP contribution in [0.1, 0.15) is 30.3 Å². The van der Waals surface area contributed by atoms with E-state index in [4.69, 9.17) is 0 Å². The van der Waals surface area contributed by atoms with Crippen LogP contribution in [0.3, 0.4) is 0 Å². The summed E-state index contributed by atoms with van der Waals surface area (Å²) in [5.74, 6) is 0.895. The van der Waals surface area contributed by atoms with E-state index in [1.165, 1.54) is 0 Å². The lowest BCUT2D eigenvalue weighted by Gasteiger charge is -2.34. The Morgan fingerprint density at radius 3 is 2.33 bits per heavy atom. The fourth-order valence-electron chi connectivity index (χ4n) is 2.98. The molecule has 2 aliphatic rings. The van der Waals surface area contributed by atoms with Gasteiger partial charge >= 0.3 is 0 Å². The predicted molar refractivity (Wildman–Crippen MR) is 81.5 cm³/mol. The number of carbonyl (C=O) groups excluding carboxylic acids is 1. The van der Waals surface area contributed by atoms with Crippen LogP contribution in [0.2, 0.25) is 0 Å². The molecule has 3 rings (SSSR count). The second-order valence-electron chi connectivity index (χ2n) is 5.70. The summed E-state index contributed by atoms with van der Waals surface area (Å²) in [6.45, 7) is 9.06. The molecule has 2 fully saturated rings. The van der Waals surface area contributed by atoms with E-state index in [-0.39, 0.29) is 5.91 Å². The molecule has 0 spiro atoms. The molecule has 0 radical (unpaired) electrons. The van der Waals surface area contributed by atoms with Crippen LogP contribution < -0.4 is 4.90 Å². The first-order valence-electron chi connectivity index (χ1n) is 7.88. The molecule has 1 aromatic rings. The summed E-state index contributed by atoms with van der Waals surface area (Å²) in [7, 11) is 0. The van der Waals surface area contributed by atoms with Crippen molar-refractivity contribution in [2.24, 2.45) is 0 Å². The molecule has 0 aliphatic carbocycles. The molecule has 0 N–H and O–H groups in total. The van der Waals surface area contributed by atoms with E-state index in [0.29, 0.717) is 5.69 Å². The number of carbonyl (C=O) groups is 1. The lowest BCUT2D eigenvalue weighted by atomic mass is 10.3. The Morgan fingerprint density at radius 1 is 1.05 bits per heavy atom. The lowest BCUT2D eigenvalue weighted by Crippen LogP contribution is -2.46. The lowest BCUT2D eigenvalue weighted by molar-refractivity contribution is 0.0786. The summed E-state index contributed by atoms with van der Waals surface area (Å²) in [5, 5.41) is 8.40. The normalized spacial score (nSPS) is 20.0. The zero-order valence-electron chi connectivity index (χ0n) is 12.7. The van der Waals surface area contributed by atoms with Crippen molar-refractivity contribution in [3.63, 3.8) is 0 Å². The van der Waals surface area contributed by atoms with Gasteiger partial charge in [-0.05, 0) is 31.5 Å². The van der Waals surface area contributed by atoms with Crippen molar-refractivity contribution in [1.82, 2.24) is 20.0 Å². The smallest absolute Gasteiger partial charge is 0.274 e. The number of aromatic nitrogens is 2. The zero-order valence-corrected chi connectivity index (χ0v) is 12.7. The molecule has 0 bridgehead atoms. The number of amides is 1. The first-order chi connectivity index (χ1) is 10.3. The van der Waals surface area contributed by atoms with Gasteiger partial charge in [0.05, 0.1) is 0 Å². The van der Waals surface area contributed by atoms with Crippen molar-refractivity contribution < 1.29 is 4.79 Å². The summed E-state index contributed by atoms with van der Waals surface area (Å²) < 4.78 is 0. The van der Waals surface area contributed by atoms with E-state index in [0.717, 1.165) is 64.5 Å². The van der Waals surface area contributed by atoms with Crippen molar-refractivity contribution in [2.45, 2.75) is 19.8 Å². The van der Waals surface area contributed by atoms with Gasteiger partial charge in [-0.1, -0.05) is 6.92 Å². The average molecular weight is 289 g/mol. The zero-order chi connectivity index (χ0) is 14.7. The minimum atomic E-state index is 0.0161. The summed E-state index contributed by atoms with van der Waals surface area (Å²) in [6, 6.07) is 3.74. The molecule has 21 heavy (non-hydrogen) atoms. The Kier molecular flexibility index (Phi) is 4.34. The highest BCUT2D eigenvalue weighted by Crippen LogP contribution is 2.15. The molecule has 114 valence electrons. The first kappa shape index (κ1) is 14.3. The van der Waals surface area contributed by atoms with Crippen molar-refractivity contribution in [3.05, 3.63) is 17.8 Å². The fourth-order valence-corrected chi connectivity index (χ4v) is 2.98. The highest BCUT2D eigenvalue weighted by Gasteiger charge is 2.22. The second kappa shape index (κ2) is 6.39. The van der Waals surface area contributed by atoms with Gasteiger partial charge in [0.1, 0.15) is 0 Å². The van der Waals surface area contributed by atoms with Crippen molar-refractivity contribution in [3.8, 4) is 0 Å². The van der Waals surface area contributed by atoms with Gasteiger partial charge in [-0.2, -0.15) is 0 Å². The number of likely N-dealkylation sites (tertiary alicyclic amines) is 1. The van der Waals surface area contributed by atoms with Crippen LogP contribution in [0.5, 0.6) is 0 Å². The van der Waals surface area contributed by atoms with E-state index in [2.05, 4.69) is 26.9 Å². The number of likely N-dealkylation sites (N-methyl/N-ethyl adjacent to an activating group) is 1. The Hall–Kier alpha value is -1.69. The molecule has 2 aliphatic heterocycles. The third-order valence-corrected chi connectivity index (χ3v) is 4.41. The molecule has 0 aromatic carbocycles. The van der Waals surface area contributed by atoms with E-state index in [9.17, 15) is 4.79 Å². The molecule has 0 saturated carbocycles. The van der Waals surface area contributed by atoms with E-state index < -0.39 is 0 Å². The molecule has 1 aromatic heterocycles. The number of hydrogen-bond donors (Lipinski definition) is 0. The number of hydrogen-bond acceptors (Lipinski definition) is 5. The highest BCUT2D eigenvalue weighted by molar-refractivity contribution is 5.92. The van der Waals surface area contributed by atoms with Gasteiger partial charge in [-0.15, -0.1) is 10.2 Å². The topological polar surface area (TPSA) is 52.6 Å². The van der Waals surface area contributed by atoms with Gasteiger partial charge in [-0.3, -0.25) is 4.79 Å². The van der Waals surface area contributed by atoms with E-state index in [1.54, 1.807) is 0 Å². The van der Waals surface area contributed by atoms with Crippen LogP contribution in [0.15, 0.2) is 12.1 Å². The number of rotatable bonds is 3. The number of nitrogens with zero attached hydrogens (tertiary/aromatic N) is 5. The van der Waals surface area contributed by atoms with Crippen molar-refractivity contribution >= 4 is 11.7 Å². The fraction of sp³-hybridized carbons (Fsp3) is 0.667. The molecular weight excluding hydrogens is 266 g/mol. The molecule has 6 nitrogen and oxygen atoms in total. The van der Waals surface area contributed by atoms with Crippen LogP contribution >= 0.6 is 0 Å². The predicted octanol–water partition coefficient (Wildman–Crippen LogP) is 0.854. The maximum absolute atomic E-state index is 12.2. The second-order valence-corrected chi connectivity index (χ2v) is 5.70. The van der Waals surface area contributed by atoms with Gasteiger partial charge < -0.3 is 14.7 Å². The Morgan fingerprint density at radius 2 is 1.76 bits per heavy atom. The number of piperazine rings is 1. The summed E-state index contributed by atoms with van der Waals surface area (Å²) in [5.41, 5.74) is 0.466. The highest BCUT2D eigenvalue weighted by atomic mass is 16.2. The van der Waals surface area contributed by atoms with Gasteiger partial charge in [0.25, 0.3) is 5.91 Å².